The molecule has 154 valence electrons. The third-order valence-electron chi connectivity index (χ3n) is 5.82. The van der Waals surface area contributed by atoms with Gasteiger partial charge in [-0.3, -0.25) is 15.0 Å². The Morgan fingerprint density at radius 1 is 0.968 bits per heavy atom. The highest BCUT2D eigenvalue weighted by atomic mass is 35.5. The Balaban J connectivity index is 1.82. The normalized spacial score (nSPS) is 11.5. The van der Waals surface area contributed by atoms with E-state index in [1.54, 1.807) is 0 Å². The van der Waals surface area contributed by atoms with Crippen LogP contribution < -0.4 is 5.62 Å². The average molecular weight is 427 g/mol. The first-order valence-corrected chi connectivity index (χ1v) is 10.8. The third kappa shape index (κ3) is 3.33. The molecule has 1 N–H and O–H groups in total. The van der Waals surface area contributed by atoms with Crippen LogP contribution in [-0.2, 0) is 13.5 Å². The van der Waals surface area contributed by atoms with Crippen LogP contribution in [0.3, 0.4) is 0 Å². The van der Waals surface area contributed by atoms with Crippen molar-refractivity contribution in [1.29, 1.82) is 5.41 Å². The van der Waals surface area contributed by atoms with Crippen molar-refractivity contribution in [3.63, 3.8) is 0 Å². The Bertz CT molecular complexity index is 1480. The molecule has 5 aromatic rings. The molecule has 0 atom stereocenters. The maximum Gasteiger partial charge on any atom is 0.207 e. The van der Waals surface area contributed by atoms with Crippen molar-refractivity contribution in [2.75, 3.05) is 0 Å². The maximum absolute atomic E-state index is 8.83. The minimum absolute atomic E-state index is 0.426. The van der Waals surface area contributed by atoms with E-state index in [1.165, 1.54) is 5.56 Å². The number of halogens is 1. The van der Waals surface area contributed by atoms with Gasteiger partial charge in [-0.25, -0.2) is 0 Å². The summed E-state index contributed by atoms with van der Waals surface area (Å²) < 4.78 is 3.92. The molecule has 0 amide bonds. The van der Waals surface area contributed by atoms with Gasteiger partial charge >= 0.3 is 0 Å². The lowest BCUT2D eigenvalue weighted by Gasteiger charge is -2.10. The summed E-state index contributed by atoms with van der Waals surface area (Å²) in [7, 11) is 1.92. The highest BCUT2D eigenvalue weighted by Crippen LogP contribution is 2.30. The van der Waals surface area contributed by atoms with Crippen molar-refractivity contribution in [2.24, 2.45) is 7.05 Å². The van der Waals surface area contributed by atoms with Gasteiger partial charge in [0.1, 0.15) is 0 Å². The fourth-order valence-electron chi connectivity index (χ4n) is 4.23. The van der Waals surface area contributed by atoms with Crippen LogP contribution in [0.4, 0.5) is 0 Å². The molecule has 5 rings (SSSR count). The third-order valence-corrected chi connectivity index (χ3v) is 6.07. The molecular weight excluding hydrogens is 404 g/mol. The van der Waals surface area contributed by atoms with Gasteiger partial charge in [0.2, 0.25) is 5.62 Å². The zero-order valence-electron chi connectivity index (χ0n) is 17.6. The molecule has 0 fully saturated rings. The van der Waals surface area contributed by atoms with Crippen LogP contribution in [0.25, 0.3) is 38.8 Å². The highest BCUT2D eigenvalue weighted by Gasteiger charge is 2.15. The standard InChI is InChI=1S/C26H23ClN4/c1-3-5-17-6-4-7-21(14-17)31-25-22-15-19(18-8-11-20(27)12-9-18)10-13-23(22)29-16-24(25)30(2)26(31)28/h4,6-16,28H,3,5H2,1-2H3. The van der Waals surface area contributed by atoms with E-state index in [4.69, 9.17) is 17.0 Å². The summed E-state index contributed by atoms with van der Waals surface area (Å²) in [5, 5.41) is 10.6. The summed E-state index contributed by atoms with van der Waals surface area (Å²) in [5.74, 6) is 0. The van der Waals surface area contributed by atoms with Gasteiger partial charge in [-0.05, 0) is 59.5 Å². The first-order valence-electron chi connectivity index (χ1n) is 10.5. The van der Waals surface area contributed by atoms with E-state index < -0.39 is 0 Å². The number of nitrogens with one attached hydrogen (secondary N) is 1. The summed E-state index contributed by atoms with van der Waals surface area (Å²) in [6, 6.07) is 22.7. The molecule has 0 aliphatic carbocycles. The number of aryl methyl sites for hydroxylation is 2. The van der Waals surface area contributed by atoms with Crippen molar-refractivity contribution in [3.8, 4) is 16.8 Å². The van der Waals surface area contributed by atoms with Crippen LogP contribution in [0.5, 0.6) is 0 Å². The zero-order valence-corrected chi connectivity index (χ0v) is 18.3. The van der Waals surface area contributed by atoms with Crippen LogP contribution in [0.2, 0.25) is 5.02 Å². The number of aromatic nitrogens is 3. The minimum atomic E-state index is 0.426. The number of nitrogens with zero attached hydrogens (tertiary/aromatic N) is 3. The van der Waals surface area contributed by atoms with E-state index in [1.807, 2.05) is 52.7 Å². The number of benzene rings is 3. The van der Waals surface area contributed by atoms with Gasteiger partial charge in [0.05, 0.1) is 22.7 Å². The first-order chi connectivity index (χ1) is 15.1. The molecule has 0 spiro atoms. The SMILES string of the molecule is CCCc1cccc(-n2c(=N)n(C)c3cnc4ccc(-c5ccc(Cl)cc5)cc4c32)c1. The number of fused-ring (bicyclic) bond motifs is 3. The van der Waals surface area contributed by atoms with E-state index in [-0.39, 0.29) is 0 Å². The predicted octanol–water partition coefficient (Wildman–Crippen LogP) is 6.27. The smallest absolute Gasteiger partial charge is 0.207 e. The molecule has 0 aliphatic heterocycles. The van der Waals surface area contributed by atoms with Gasteiger partial charge in [-0.2, -0.15) is 0 Å². The second-order valence-electron chi connectivity index (χ2n) is 7.87. The van der Waals surface area contributed by atoms with Crippen LogP contribution in [0, 0.1) is 5.41 Å². The summed E-state index contributed by atoms with van der Waals surface area (Å²) in [4.78, 5) is 4.68. The topological polar surface area (TPSA) is 46.6 Å². The number of hydrogen-bond acceptors (Lipinski definition) is 2. The van der Waals surface area contributed by atoms with Crippen molar-refractivity contribution in [3.05, 3.63) is 89.1 Å². The molecule has 0 unspecified atom stereocenters. The highest BCUT2D eigenvalue weighted by molar-refractivity contribution is 6.30. The Morgan fingerprint density at radius 2 is 1.74 bits per heavy atom. The Hall–Kier alpha value is -3.37. The van der Waals surface area contributed by atoms with Crippen LogP contribution in [-0.4, -0.2) is 14.1 Å². The molecule has 4 nitrogen and oxygen atoms in total. The summed E-state index contributed by atoms with van der Waals surface area (Å²) in [5.41, 5.74) is 7.76. The van der Waals surface area contributed by atoms with Gasteiger partial charge < -0.3 is 4.57 Å². The molecule has 0 bridgehead atoms. The lowest BCUT2D eigenvalue weighted by atomic mass is 10.0. The van der Waals surface area contributed by atoms with Crippen LogP contribution in [0.1, 0.15) is 18.9 Å². The Labute approximate surface area is 185 Å². The van der Waals surface area contributed by atoms with Crippen molar-refractivity contribution in [2.45, 2.75) is 19.8 Å². The number of rotatable bonds is 4. The van der Waals surface area contributed by atoms with E-state index in [0.29, 0.717) is 5.62 Å². The molecular formula is C26H23ClN4. The lowest BCUT2D eigenvalue weighted by Crippen LogP contribution is -2.21. The monoisotopic (exact) mass is 426 g/mol. The summed E-state index contributed by atoms with van der Waals surface area (Å²) >= 11 is 6.08. The van der Waals surface area contributed by atoms with Gasteiger partial charge in [0, 0.05) is 23.1 Å². The van der Waals surface area contributed by atoms with Crippen molar-refractivity contribution >= 4 is 33.5 Å². The molecule has 3 aromatic carbocycles. The van der Waals surface area contributed by atoms with Crippen molar-refractivity contribution < 1.29 is 0 Å². The van der Waals surface area contributed by atoms with E-state index in [2.05, 4.69) is 48.3 Å². The molecule has 0 radical (unpaired) electrons. The predicted molar refractivity (Wildman–Crippen MR) is 128 cm³/mol. The van der Waals surface area contributed by atoms with Gasteiger partial charge in [0.25, 0.3) is 0 Å². The summed E-state index contributed by atoms with van der Waals surface area (Å²) in [6.07, 6.45) is 3.98. The second kappa shape index (κ2) is 7.71. The molecule has 0 aliphatic rings. The fourth-order valence-corrected chi connectivity index (χ4v) is 4.36. The minimum Gasteiger partial charge on any atom is -0.312 e. The summed E-state index contributed by atoms with van der Waals surface area (Å²) in [6.45, 7) is 2.19. The molecule has 0 saturated heterocycles. The molecule has 5 heteroatoms. The molecule has 31 heavy (non-hydrogen) atoms. The van der Waals surface area contributed by atoms with Crippen LogP contribution >= 0.6 is 11.6 Å². The van der Waals surface area contributed by atoms with Gasteiger partial charge in [-0.1, -0.05) is 55.3 Å². The van der Waals surface area contributed by atoms with Gasteiger partial charge in [-0.15, -0.1) is 0 Å². The number of pyridine rings is 1. The van der Waals surface area contributed by atoms with E-state index in [0.717, 1.165) is 56.6 Å². The van der Waals surface area contributed by atoms with Crippen LogP contribution in [0.15, 0.2) is 72.9 Å². The van der Waals surface area contributed by atoms with E-state index in [9.17, 15) is 0 Å². The zero-order chi connectivity index (χ0) is 21.5. The quantitative estimate of drug-likeness (QED) is 0.361. The average Bonchev–Trinajstić information content (AvgIpc) is 3.05. The Morgan fingerprint density at radius 3 is 2.52 bits per heavy atom. The molecule has 0 saturated carbocycles. The first kappa shape index (κ1) is 19.6. The molecule has 2 aromatic heterocycles. The number of imidazole rings is 1. The molecule has 2 heterocycles. The maximum atomic E-state index is 8.83. The number of hydrogen-bond donors (Lipinski definition) is 1. The largest absolute Gasteiger partial charge is 0.312 e. The fraction of sp³-hybridized carbons (Fsp3) is 0.154. The lowest BCUT2D eigenvalue weighted by molar-refractivity contribution is 0.786. The van der Waals surface area contributed by atoms with E-state index >= 15 is 0 Å². The van der Waals surface area contributed by atoms with Crippen molar-refractivity contribution in [1.82, 2.24) is 14.1 Å². The van der Waals surface area contributed by atoms with Gasteiger partial charge in [0.15, 0.2) is 0 Å². The Kier molecular flexibility index (Phi) is 4.87. The second-order valence-corrected chi connectivity index (χ2v) is 8.31.